The number of rotatable bonds is 7. The Morgan fingerprint density at radius 1 is 0.692 bits per heavy atom. The van der Waals surface area contributed by atoms with Crippen molar-refractivity contribution >= 4 is 35.7 Å². The van der Waals surface area contributed by atoms with Crippen LogP contribution in [0.15, 0.2) is 84.9 Å². The van der Waals surface area contributed by atoms with Crippen molar-refractivity contribution in [3.05, 3.63) is 129 Å². The zero-order valence-electron chi connectivity index (χ0n) is 20.8. The van der Waals surface area contributed by atoms with Gasteiger partial charge in [-0.15, -0.1) is 0 Å². The summed E-state index contributed by atoms with van der Waals surface area (Å²) in [5, 5.41) is 29.7. The highest BCUT2D eigenvalue weighted by molar-refractivity contribution is 5.92. The summed E-state index contributed by atoms with van der Waals surface area (Å²) in [6.45, 7) is 0.185. The zero-order valence-corrected chi connectivity index (χ0v) is 20.8. The fourth-order valence-electron chi connectivity index (χ4n) is 5.50. The van der Waals surface area contributed by atoms with E-state index >= 15 is 0 Å². The highest BCUT2D eigenvalue weighted by Crippen LogP contribution is 2.41. The number of benzene rings is 4. The van der Waals surface area contributed by atoms with Gasteiger partial charge in [-0.25, -0.2) is 4.79 Å². The van der Waals surface area contributed by atoms with E-state index in [9.17, 15) is 24.9 Å². The maximum atomic E-state index is 12.9. The molecule has 0 aromatic heterocycles. The van der Waals surface area contributed by atoms with Gasteiger partial charge in [0.05, 0.1) is 0 Å². The van der Waals surface area contributed by atoms with Crippen molar-refractivity contribution in [2.75, 3.05) is 0 Å². The molecule has 6 heteroatoms. The Labute approximate surface area is 224 Å². The second-order valence-electron chi connectivity index (χ2n) is 9.81. The number of carboxylic acids is 1. The predicted molar refractivity (Wildman–Crippen MR) is 148 cm³/mol. The first kappa shape index (κ1) is 24.2. The Bertz CT molecular complexity index is 1560. The molecule has 0 fully saturated rings. The highest BCUT2D eigenvalue weighted by atomic mass is 16.6. The van der Waals surface area contributed by atoms with E-state index < -0.39 is 11.6 Å². The summed E-state index contributed by atoms with van der Waals surface area (Å²) < 4.78 is 5.45. The van der Waals surface area contributed by atoms with Crippen molar-refractivity contribution in [3.8, 4) is 11.5 Å². The molecule has 0 saturated carbocycles. The molecule has 0 radical (unpaired) electrons. The van der Waals surface area contributed by atoms with E-state index in [-0.39, 0.29) is 18.0 Å². The molecule has 0 saturated heterocycles. The molecule has 0 spiro atoms. The SMILES string of the molecule is O=COC(C(=O)O)(c1ccc2c(c1)C=C(c1ccc(O)cc1)C2)c1ccc2c(c1)C=C(c1ccc(O)cc1)C2. The summed E-state index contributed by atoms with van der Waals surface area (Å²) in [5.74, 6) is -0.918. The van der Waals surface area contributed by atoms with E-state index in [0.29, 0.717) is 24.0 Å². The van der Waals surface area contributed by atoms with Gasteiger partial charge >= 0.3 is 5.97 Å². The summed E-state index contributed by atoms with van der Waals surface area (Å²) in [6, 6.07) is 24.6. The van der Waals surface area contributed by atoms with E-state index in [1.807, 2.05) is 48.6 Å². The van der Waals surface area contributed by atoms with E-state index in [1.54, 1.807) is 48.5 Å². The van der Waals surface area contributed by atoms with Crippen molar-refractivity contribution in [1.29, 1.82) is 0 Å². The molecule has 2 aliphatic carbocycles. The second-order valence-corrected chi connectivity index (χ2v) is 9.81. The number of ether oxygens (including phenoxy) is 1. The molecule has 0 bridgehead atoms. The number of phenolic OH excluding ortho intramolecular Hbond substituents is 2. The van der Waals surface area contributed by atoms with E-state index in [2.05, 4.69) is 0 Å². The van der Waals surface area contributed by atoms with Gasteiger partial charge in [-0.3, -0.25) is 4.79 Å². The van der Waals surface area contributed by atoms with Gasteiger partial charge in [-0.2, -0.15) is 0 Å². The molecule has 0 amide bonds. The standard InChI is InChI=1S/C33H24O6/c34-19-39-33(32(37)38,28-7-1-22-13-24(15-26(22)17-28)20-3-9-30(35)10-4-20)29-8-2-23-14-25(16-27(23)18-29)21-5-11-31(36)12-6-21/h1-12,15-19,35-36H,13-14H2,(H,37,38). The van der Waals surface area contributed by atoms with E-state index in [4.69, 9.17) is 4.74 Å². The van der Waals surface area contributed by atoms with Gasteiger partial charge in [0, 0.05) is 11.1 Å². The van der Waals surface area contributed by atoms with Gasteiger partial charge < -0.3 is 20.1 Å². The van der Waals surface area contributed by atoms with Crippen LogP contribution in [0.5, 0.6) is 11.5 Å². The number of hydrogen-bond donors (Lipinski definition) is 3. The van der Waals surface area contributed by atoms with Crippen LogP contribution < -0.4 is 0 Å². The first-order valence-electron chi connectivity index (χ1n) is 12.5. The van der Waals surface area contributed by atoms with Gasteiger partial charge in [0.1, 0.15) is 11.5 Å². The fourth-order valence-corrected chi connectivity index (χ4v) is 5.50. The molecule has 0 aliphatic heterocycles. The molecule has 6 rings (SSSR count). The van der Waals surface area contributed by atoms with Crippen molar-refractivity contribution in [2.24, 2.45) is 0 Å². The van der Waals surface area contributed by atoms with Crippen LogP contribution in [0.25, 0.3) is 23.3 Å². The first-order valence-corrected chi connectivity index (χ1v) is 12.5. The van der Waals surface area contributed by atoms with Crippen LogP contribution in [0.4, 0.5) is 0 Å². The molecule has 0 unspecified atom stereocenters. The lowest BCUT2D eigenvalue weighted by molar-refractivity contribution is -0.167. The van der Waals surface area contributed by atoms with Crippen LogP contribution in [0.3, 0.4) is 0 Å². The van der Waals surface area contributed by atoms with Gasteiger partial charge in [-0.1, -0.05) is 60.7 Å². The maximum Gasteiger partial charge on any atom is 0.357 e. The molecule has 0 atom stereocenters. The molecule has 2 aliphatic rings. The summed E-state index contributed by atoms with van der Waals surface area (Å²) >= 11 is 0. The quantitative estimate of drug-likeness (QED) is 0.269. The number of fused-ring (bicyclic) bond motifs is 2. The Hall–Kier alpha value is -5.10. The zero-order chi connectivity index (χ0) is 27.1. The van der Waals surface area contributed by atoms with Gasteiger partial charge in [-0.05, 0) is 93.8 Å². The lowest BCUT2D eigenvalue weighted by atomic mass is 9.83. The van der Waals surface area contributed by atoms with E-state index in [1.165, 1.54) is 0 Å². The second kappa shape index (κ2) is 9.33. The summed E-state index contributed by atoms with van der Waals surface area (Å²) in [5.41, 5.74) is 6.43. The van der Waals surface area contributed by atoms with Crippen molar-refractivity contribution in [2.45, 2.75) is 18.4 Å². The Kier molecular flexibility index (Phi) is 5.80. The number of carbonyl (C=O) groups excluding carboxylic acids is 1. The average molecular weight is 517 g/mol. The smallest absolute Gasteiger partial charge is 0.357 e. The molecular weight excluding hydrogens is 492 g/mol. The van der Waals surface area contributed by atoms with Crippen molar-refractivity contribution < 1.29 is 29.6 Å². The topological polar surface area (TPSA) is 104 Å². The minimum Gasteiger partial charge on any atom is -0.508 e. The van der Waals surface area contributed by atoms with Gasteiger partial charge in [0.15, 0.2) is 0 Å². The molecule has 6 nitrogen and oxygen atoms in total. The summed E-state index contributed by atoms with van der Waals surface area (Å²) in [4.78, 5) is 24.6. The minimum absolute atomic E-state index is 0.185. The van der Waals surface area contributed by atoms with Crippen molar-refractivity contribution in [1.82, 2.24) is 0 Å². The number of aromatic hydroxyl groups is 2. The molecule has 192 valence electrons. The van der Waals surface area contributed by atoms with Crippen LogP contribution >= 0.6 is 0 Å². The van der Waals surface area contributed by atoms with Crippen LogP contribution in [0, 0.1) is 0 Å². The first-order chi connectivity index (χ1) is 18.9. The Morgan fingerprint density at radius 2 is 1.13 bits per heavy atom. The third-order valence-corrected chi connectivity index (χ3v) is 7.53. The number of allylic oxidation sites excluding steroid dienone is 2. The van der Waals surface area contributed by atoms with Crippen LogP contribution in [0.2, 0.25) is 0 Å². The summed E-state index contributed by atoms with van der Waals surface area (Å²) in [6.07, 6.45) is 5.32. The molecule has 39 heavy (non-hydrogen) atoms. The Morgan fingerprint density at radius 3 is 1.51 bits per heavy atom. The minimum atomic E-state index is -2.03. The number of hydrogen-bond acceptors (Lipinski definition) is 5. The van der Waals surface area contributed by atoms with Crippen LogP contribution in [-0.2, 0) is 32.8 Å². The van der Waals surface area contributed by atoms with Gasteiger partial charge in [0.25, 0.3) is 12.1 Å². The summed E-state index contributed by atoms with van der Waals surface area (Å²) in [7, 11) is 0. The van der Waals surface area contributed by atoms with Gasteiger partial charge in [0.2, 0.25) is 0 Å². The van der Waals surface area contributed by atoms with E-state index in [0.717, 1.165) is 44.5 Å². The van der Waals surface area contributed by atoms with Crippen molar-refractivity contribution in [3.63, 3.8) is 0 Å². The fraction of sp³-hybridized carbons (Fsp3) is 0.0909. The molecule has 4 aromatic carbocycles. The maximum absolute atomic E-state index is 12.9. The molecule has 0 heterocycles. The molecule has 4 aromatic rings. The lowest BCUT2D eigenvalue weighted by Gasteiger charge is -2.29. The molecular formula is C33H24O6. The third-order valence-electron chi connectivity index (χ3n) is 7.53. The average Bonchev–Trinajstić information content (AvgIpc) is 3.56. The highest BCUT2D eigenvalue weighted by Gasteiger charge is 2.46. The Balaban J connectivity index is 1.41. The molecule has 3 N–H and O–H groups in total. The number of carboxylic acid groups (broad SMARTS) is 1. The number of carbonyl (C=O) groups is 2. The predicted octanol–water partition coefficient (Wildman–Crippen LogP) is 5.79. The number of phenols is 2. The number of aliphatic carboxylic acids is 1. The normalized spacial score (nSPS) is 13.7. The monoisotopic (exact) mass is 516 g/mol. The third kappa shape index (κ3) is 4.16. The van der Waals surface area contributed by atoms with Crippen LogP contribution in [-0.4, -0.2) is 27.8 Å². The van der Waals surface area contributed by atoms with Crippen LogP contribution in [0.1, 0.15) is 44.5 Å². The lowest BCUT2D eigenvalue weighted by Crippen LogP contribution is -2.40. The largest absolute Gasteiger partial charge is 0.508 e.